The minimum atomic E-state index is -3.58. The van der Waals surface area contributed by atoms with Crippen molar-refractivity contribution >= 4 is 33.2 Å². The number of carbonyl (C=O) groups is 2. The van der Waals surface area contributed by atoms with Gasteiger partial charge in [0.25, 0.3) is 11.8 Å². The molecule has 0 aliphatic carbocycles. The van der Waals surface area contributed by atoms with Crippen molar-refractivity contribution in [3.05, 3.63) is 48.0 Å². The molecule has 1 atom stereocenters. The van der Waals surface area contributed by atoms with Gasteiger partial charge in [-0.15, -0.1) is 0 Å². The molecule has 1 heterocycles. The average molecular weight is 446 g/mol. The van der Waals surface area contributed by atoms with Crippen LogP contribution in [0.25, 0.3) is 0 Å². The molecule has 166 valence electrons. The van der Waals surface area contributed by atoms with E-state index in [1.54, 1.807) is 43.9 Å². The summed E-state index contributed by atoms with van der Waals surface area (Å²) >= 11 is 0. The Morgan fingerprint density at radius 1 is 1.10 bits per heavy atom. The second-order valence-electron chi connectivity index (χ2n) is 7.09. The molecule has 1 aliphatic heterocycles. The highest BCUT2D eigenvalue weighted by molar-refractivity contribution is 7.89. The number of amides is 2. The van der Waals surface area contributed by atoms with Crippen LogP contribution in [0.4, 0.5) is 11.4 Å². The zero-order chi connectivity index (χ0) is 22.8. The third kappa shape index (κ3) is 4.42. The normalized spacial score (nSPS) is 16.1. The van der Waals surface area contributed by atoms with Gasteiger partial charge in [0.1, 0.15) is 5.75 Å². The first-order valence-electron chi connectivity index (χ1n) is 10.3. The Balaban J connectivity index is 1.80. The van der Waals surface area contributed by atoms with E-state index in [9.17, 15) is 18.0 Å². The number of nitrogens with one attached hydrogen (secondary N) is 1. The minimum absolute atomic E-state index is 0.136. The van der Waals surface area contributed by atoms with E-state index in [1.807, 2.05) is 6.92 Å². The zero-order valence-electron chi connectivity index (χ0n) is 18.1. The number of hydrogen-bond acceptors (Lipinski definition) is 5. The van der Waals surface area contributed by atoms with Crippen LogP contribution in [0.3, 0.4) is 0 Å². The quantitative estimate of drug-likeness (QED) is 0.707. The smallest absolute Gasteiger partial charge is 0.267 e. The number of likely N-dealkylation sites (N-methyl/N-ethyl adjacent to an activating group) is 1. The third-order valence-corrected chi connectivity index (χ3v) is 7.27. The molecule has 1 unspecified atom stereocenters. The van der Waals surface area contributed by atoms with E-state index in [4.69, 9.17) is 4.74 Å². The van der Waals surface area contributed by atoms with Gasteiger partial charge in [0.2, 0.25) is 10.0 Å². The van der Waals surface area contributed by atoms with Crippen molar-refractivity contribution in [3.8, 4) is 5.75 Å². The van der Waals surface area contributed by atoms with Crippen molar-refractivity contribution in [2.24, 2.45) is 0 Å². The molecule has 0 saturated carbocycles. The molecule has 0 aromatic heterocycles. The maximum atomic E-state index is 12.7. The van der Waals surface area contributed by atoms with E-state index < -0.39 is 16.1 Å². The summed E-state index contributed by atoms with van der Waals surface area (Å²) in [5, 5.41) is 2.79. The van der Waals surface area contributed by atoms with Gasteiger partial charge in [0.05, 0.1) is 10.6 Å². The molecule has 8 nitrogen and oxygen atoms in total. The first-order valence-corrected chi connectivity index (χ1v) is 11.7. The lowest BCUT2D eigenvalue weighted by atomic mass is 10.1. The Hall–Kier alpha value is -2.91. The Bertz CT molecular complexity index is 1080. The van der Waals surface area contributed by atoms with Gasteiger partial charge in [-0.2, -0.15) is 4.31 Å². The Morgan fingerprint density at radius 2 is 1.74 bits per heavy atom. The predicted octanol–water partition coefficient (Wildman–Crippen LogP) is 3.10. The molecule has 0 fully saturated rings. The second-order valence-corrected chi connectivity index (χ2v) is 9.03. The maximum absolute atomic E-state index is 12.7. The van der Waals surface area contributed by atoms with Crippen molar-refractivity contribution in [1.82, 2.24) is 4.31 Å². The van der Waals surface area contributed by atoms with Crippen LogP contribution in [-0.4, -0.2) is 50.3 Å². The lowest BCUT2D eigenvalue weighted by Gasteiger charge is -2.32. The van der Waals surface area contributed by atoms with Crippen LogP contribution in [-0.2, 0) is 14.8 Å². The molecule has 2 amide bonds. The van der Waals surface area contributed by atoms with Gasteiger partial charge in [0.15, 0.2) is 6.10 Å². The van der Waals surface area contributed by atoms with E-state index >= 15 is 0 Å². The van der Waals surface area contributed by atoms with Crippen molar-refractivity contribution in [2.45, 2.75) is 38.7 Å². The summed E-state index contributed by atoms with van der Waals surface area (Å²) in [5.41, 5.74) is 1.43. The number of nitrogens with zero attached hydrogens (tertiary/aromatic N) is 2. The van der Waals surface area contributed by atoms with Gasteiger partial charge in [-0.05, 0) is 56.3 Å². The van der Waals surface area contributed by atoms with Crippen LogP contribution in [0.1, 0.15) is 38.1 Å². The van der Waals surface area contributed by atoms with Gasteiger partial charge in [0, 0.05) is 30.9 Å². The lowest BCUT2D eigenvalue weighted by Crippen LogP contribution is -2.44. The lowest BCUT2D eigenvalue weighted by molar-refractivity contribution is -0.125. The highest BCUT2D eigenvalue weighted by Gasteiger charge is 2.30. The van der Waals surface area contributed by atoms with E-state index in [0.29, 0.717) is 42.3 Å². The molecule has 2 aromatic rings. The van der Waals surface area contributed by atoms with E-state index in [0.717, 1.165) is 0 Å². The van der Waals surface area contributed by atoms with E-state index in [-0.39, 0.29) is 16.7 Å². The number of anilines is 2. The highest BCUT2D eigenvalue weighted by Crippen LogP contribution is 2.36. The van der Waals surface area contributed by atoms with Crippen molar-refractivity contribution < 1.29 is 22.7 Å². The molecule has 0 radical (unpaired) electrons. The third-order valence-electron chi connectivity index (χ3n) is 5.20. The summed E-state index contributed by atoms with van der Waals surface area (Å²) in [4.78, 5) is 26.8. The average Bonchev–Trinajstić information content (AvgIpc) is 2.75. The number of sulfonamides is 1. The fraction of sp³-hybridized carbons (Fsp3) is 0.364. The van der Waals surface area contributed by atoms with Crippen molar-refractivity contribution in [2.75, 3.05) is 29.9 Å². The van der Waals surface area contributed by atoms with E-state index in [1.165, 1.54) is 28.6 Å². The van der Waals surface area contributed by atoms with Crippen LogP contribution >= 0.6 is 0 Å². The van der Waals surface area contributed by atoms with E-state index in [2.05, 4.69) is 5.32 Å². The fourth-order valence-corrected chi connectivity index (χ4v) is 4.96. The Morgan fingerprint density at radius 3 is 2.32 bits per heavy atom. The molecular formula is C22H27N3O5S. The second kappa shape index (κ2) is 9.07. The topological polar surface area (TPSA) is 96.0 Å². The van der Waals surface area contributed by atoms with Gasteiger partial charge in [-0.25, -0.2) is 8.42 Å². The van der Waals surface area contributed by atoms with Crippen molar-refractivity contribution in [3.63, 3.8) is 0 Å². The van der Waals surface area contributed by atoms with Crippen LogP contribution in [0.15, 0.2) is 47.4 Å². The summed E-state index contributed by atoms with van der Waals surface area (Å²) in [6.45, 7) is 8.37. The molecular weight excluding hydrogens is 418 g/mol. The van der Waals surface area contributed by atoms with Gasteiger partial charge in [-0.3, -0.25) is 9.59 Å². The molecule has 0 spiro atoms. The number of ether oxygens (including phenoxy) is 1. The van der Waals surface area contributed by atoms with Gasteiger partial charge in [-0.1, -0.05) is 13.8 Å². The first kappa shape index (κ1) is 22.8. The number of benzene rings is 2. The zero-order valence-corrected chi connectivity index (χ0v) is 18.9. The molecule has 2 aromatic carbocycles. The minimum Gasteiger partial charge on any atom is -0.479 e. The highest BCUT2D eigenvalue weighted by atomic mass is 32.2. The number of hydrogen-bond donors (Lipinski definition) is 1. The molecule has 31 heavy (non-hydrogen) atoms. The van der Waals surface area contributed by atoms with Gasteiger partial charge >= 0.3 is 0 Å². The van der Waals surface area contributed by atoms with Crippen LogP contribution in [0.2, 0.25) is 0 Å². The van der Waals surface area contributed by atoms with Crippen LogP contribution in [0, 0.1) is 0 Å². The largest absolute Gasteiger partial charge is 0.479 e. The monoisotopic (exact) mass is 445 g/mol. The van der Waals surface area contributed by atoms with Crippen LogP contribution < -0.4 is 15.0 Å². The number of fused-ring (bicyclic) bond motifs is 1. The summed E-state index contributed by atoms with van der Waals surface area (Å²) in [6.07, 6.45) is -0.556. The van der Waals surface area contributed by atoms with Crippen molar-refractivity contribution in [1.29, 1.82) is 0 Å². The maximum Gasteiger partial charge on any atom is 0.267 e. The molecule has 0 bridgehead atoms. The molecule has 3 rings (SSSR count). The standard InChI is InChI=1S/C22H27N3O5S/c1-5-24(6-2)31(28,29)18-11-8-16(9-12-18)21(26)23-17-10-13-20-19(14-17)25(7-3)22(27)15(4)30-20/h8-15H,5-7H2,1-4H3,(H,23,26). The summed E-state index contributed by atoms with van der Waals surface area (Å²) in [6, 6.07) is 10.9. The van der Waals surface area contributed by atoms with Crippen LogP contribution in [0.5, 0.6) is 5.75 Å². The Labute approximate surface area is 182 Å². The number of rotatable bonds is 7. The summed E-state index contributed by atoms with van der Waals surface area (Å²) in [7, 11) is -3.58. The summed E-state index contributed by atoms with van der Waals surface area (Å²) < 4.78 is 32.2. The Kier molecular flexibility index (Phi) is 6.66. The molecule has 9 heteroatoms. The number of carbonyl (C=O) groups excluding carboxylic acids is 2. The van der Waals surface area contributed by atoms with Gasteiger partial charge < -0.3 is 15.0 Å². The molecule has 1 N–H and O–H groups in total. The molecule has 0 saturated heterocycles. The first-order chi connectivity index (χ1) is 14.7. The summed E-state index contributed by atoms with van der Waals surface area (Å²) in [5.74, 6) is 0.0626. The SMILES string of the molecule is CCN1C(=O)C(C)Oc2ccc(NC(=O)c3ccc(S(=O)(=O)N(CC)CC)cc3)cc21. The molecule has 1 aliphatic rings. The predicted molar refractivity (Wildman–Crippen MR) is 119 cm³/mol. The fourth-order valence-electron chi connectivity index (χ4n) is 3.51.